The van der Waals surface area contributed by atoms with Gasteiger partial charge in [0.2, 0.25) is 17.7 Å². The number of nitrogens with one attached hydrogen (secondary N) is 1. The first-order valence-electron chi connectivity index (χ1n) is 9.39. The number of rotatable bonds is 8. The van der Waals surface area contributed by atoms with Crippen molar-refractivity contribution in [1.29, 1.82) is 0 Å². The van der Waals surface area contributed by atoms with Gasteiger partial charge in [0.1, 0.15) is 6.54 Å². The van der Waals surface area contributed by atoms with Gasteiger partial charge in [-0.15, -0.1) is 11.8 Å². The first-order valence-corrected chi connectivity index (χ1v) is 10.3. The highest BCUT2D eigenvalue weighted by Gasteiger charge is 2.40. The number of hydrogen-bond donors (Lipinski definition) is 1. The summed E-state index contributed by atoms with van der Waals surface area (Å²) in [5, 5.41) is 2.29. The molecule has 1 aliphatic heterocycles. The zero-order valence-corrected chi connectivity index (χ0v) is 16.6. The summed E-state index contributed by atoms with van der Waals surface area (Å²) >= 11 is 1.42. The van der Waals surface area contributed by atoms with Crippen molar-refractivity contribution in [3.8, 4) is 0 Å². The minimum atomic E-state index is -0.343. The monoisotopic (exact) mass is 376 g/mol. The van der Waals surface area contributed by atoms with Crippen molar-refractivity contribution in [1.82, 2.24) is 4.90 Å². The summed E-state index contributed by atoms with van der Waals surface area (Å²) in [6.45, 7) is 5.79. The smallest absolute Gasteiger partial charge is 0.244 e. The molecule has 6 heteroatoms. The van der Waals surface area contributed by atoms with Crippen LogP contribution in [0.25, 0.3) is 0 Å². The van der Waals surface area contributed by atoms with Crippen LogP contribution < -0.4 is 5.32 Å². The van der Waals surface area contributed by atoms with Crippen molar-refractivity contribution in [2.45, 2.75) is 63.4 Å². The molecular weight excluding hydrogens is 348 g/mol. The van der Waals surface area contributed by atoms with Gasteiger partial charge in [-0.25, -0.2) is 0 Å². The van der Waals surface area contributed by atoms with Gasteiger partial charge in [-0.3, -0.25) is 19.3 Å². The Balaban J connectivity index is 1.98. The predicted octanol–water partition coefficient (Wildman–Crippen LogP) is 3.63. The van der Waals surface area contributed by atoms with E-state index in [1.807, 2.05) is 38.1 Å². The maximum atomic E-state index is 12.5. The Labute approximate surface area is 159 Å². The summed E-state index contributed by atoms with van der Waals surface area (Å²) < 4.78 is 0. The zero-order valence-electron chi connectivity index (χ0n) is 15.8. The van der Waals surface area contributed by atoms with Crippen LogP contribution in [0.2, 0.25) is 0 Å². The van der Waals surface area contributed by atoms with E-state index in [1.165, 1.54) is 17.3 Å². The lowest BCUT2D eigenvalue weighted by molar-refractivity contribution is -0.147. The van der Waals surface area contributed by atoms with E-state index < -0.39 is 0 Å². The predicted molar refractivity (Wildman–Crippen MR) is 106 cm³/mol. The second kappa shape index (κ2) is 9.76. The molecule has 142 valence electrons. The van der Waals surface area contributed by atoms with Crippen molar-refractivity contribution in [3.05, 3.63) is 29.8 Å². The molecule has 1 aromatic carbocycles. The highest BCUT2D eigenvalue weighted by molar-refractivity contribution is 8.02. The standard InChI is InChI=1S/C20H28N2O3S/c1-4-7-8-14-9-11-15(12-10-14)21-18(23)13-22-19(24)16(5-2)26-17(6-3)20(22)25/h9-12,16-17H,4-8,13H2,1-3H3,(H,21,23)/t16-,17-/m1/s1. The first kappa shape index (κ1) is 20.5. The molecule has 1 fully saturated rings. The number of unbranched alkanes of at least 4 members (excludes halogenated alkanes) is 1. The fourth-order valence-electron chi connectivity index (χ4n) is 2.95. The molecule has 3 amide bonds. The largest absolute Gasteiger partial charge is 0.325 e. The molecule has 1 heterocycles. The van der Waals surface area contributed by atoms with Gasteiger partial charge in [0.05, 0.1) is 10.5 Å². The number of benzene rings is 1. The number of nitrogens with zero attached hydrogens (tertiary/aromatic N) is 1. The first-order chi connectivity index (χ1) is 12.5. The molecule has 2 rings (SSSR count). The van der Waals surface area contributed by atoms with E-state index in [2.05, 4.69) is 12.2 Å². The van der Waals surface area contributed by atoms with Crippen LogP contribution in [0.4, 0.5) is 5.69 Å². The third-order valence-electron chi connectivity index (χ3n) is 4.51. The SMILES string of the molecule is CCCCc1ccc(NC(=O)CN2C(=O)[C@@H](CC)S[C@H](CC)C2=O)cc1. The third-order valence-corrected chi connectivity index (χ3v) is 6.24. The second-order valence-electron chi connectivity index (χ2n) is 6.54. The van der Waals surface area contributed by atoms with E-state index in [4.69, 9.17) is 0 Å². The number of carbonyl (C=O) groups is 3. The van der Waals surface area contributed by atoms with Gasteiger partial charge in [0, 0.05) is 5.69 Å². The highest BCUT2D eigenvalue weighted by Crippen LogP contribution is 2.31. The Bertz CT molecular complexity index is 623. The van der Waals surface area contributed by atoms with Gasteiger partial charge in [-0.05, 0) is 43.4 Å². The van der Waals surface area contributed by atoms with E-state index in [0.717, 1.165) is 24.2 Å². The van der Waals surface area contributed by atoms with Gasteiger partial charge < -0.3 is 5.32 Å². The quantitative estimate of drug-likeness (QED) is 0.704. The fraction of sp³-hybridized carbons (Fsp3) is 0.550. The Hall–Kier alpha value is -1.82. The molecule has 0 aliphatic carbocycles. The molecule has 0 saturated carbocycles. The summed E-state index contributed by atoms with van der Waals surface area (Å²) in [6.07, 6.45) is 4.62. The normalized spacial score (nSPS) is 20.3. The van der Waals surface area contributed by atoms with Crippen LogP contribution in [0.1, 0.15) is 52.0 Å². The summed E-state index contributed by atoms with van der Waals surface area (Å²) in [4.78, 5) is 38.4. The zero-order chi connectivity index (χ0) is 19.1. The Morgan fingerprint density at radius 1 is 1.04 bits per heavy atom. The van der Waals surface area contributed by atoms with Crippen molar-refractivity contribution in [3.63, 3.8) is 0 Å². The van der Waals surface area contributed by atoms with Crippen LogP contribution in [0.15, 0.2) is 24.3 Å². The van der Waals surface area contributed by atoms with E-state index in [1.54, 1.807) is 0 Å². The Morgan fingerprint density at radius 2 is 1.62 bits per heavy atom. The van der Waals surface area contributed by atoms with Crippen molar-refractivity contribution < 1.29 is 14.4 Å². The van der Waals surface area contributed by atoms with Crippen LogP contribution in [0, 0.1) is 0 Å². The third kappa shape index (κ3) is 5.10. The molecular formula is C20H28N2O3S. The van der Waals surface area contributed by atoms with Gasteiger partial charge in [0.15, 0.2) is 0 Å². The van der Waals surface area contributed by atoms with Crippen LogP contribution >= 0.6 is 11.8 Å². The Morgan fingerprint density at radius 3 is 2.12 bits per heavy atom. The molecule has 1 saturated heterocycles. The lowest BCUT2D eigenvalue weighted by atomic mass is 10.1. The van der Waals surface area contributed by atoms with Crippen LogP contribution in [0.3, 0.4) is 0 Å². The highest BCUT2D eigenvalue weighted by atomic mass is 32.2. The summed E-state index contributed by atoms with van der Waals surface area (Å²) in [6, 6.07) is 7.73. The van der Waals surface area contributed by atoms with Gasteiger partial charge >= 0.3 is 0 Å². The molecule has 1 aliphatic rings. The molecule has 1 aromatic rings. The van der Waals surface area contributed by atoms with Crippen molar-refractivity contribution >= 4 is 35.2 Å². The van der Waals surface area contributed by atoms with E-state index >= 15 is 0 Å². The van der Waals surface area contributed by atoms with E-state index in [0.29, 0.717) is 18.5 Å². The number of thioether (sulfide) groups is 1. The Kier molecular flexibility index (Phi) is 7.69. The molecule has 0 bridgehead atoms. The summed E-state index contributed by atoms with van der Waals surface area (Å²) in [5.41, 5.74) is 1.92. The number of carbonyl (C=O) groups excluding carboxylic acids is 3. The van der Waals surface area contributed by atoms with Crippen LogP contribution in [0.5, 0.6) is 0 Å². The van der Waals surface area contributed by atoms with Gasteiger partial charge in [0.25, 0.3) is 0 Å². The maximum Gasteiger partial charge on any atom is 0.244 e. The summed E-state index contributed by atoms with van der Waals surface area (Å²) in [7, 11) is 0. The fourth-order valence-corrected chi connectivity index (χ4v) is 4.22. The van der Waals surface area contributed by atoms with Crippen molar-refractivity contribution in [2.75, 3.05) is 11.9 Å². The molecule has 1 N–H and O–H groups in total. The molecule has 26 heavy (non-hydrogen) atoms. The number of hydrogen-bond acceptors (Lipinski definition) is 4. The average Bonchev–Trinajstić information content (AvgIpc) is 2.65. The van der Waals surface area contributed by atoms with Crippen LogP contribution in [-0.2, 0) is 20.8 Å². The van der Waals surface area contributed by atoms with Gasteiger partial charge in [-0.1, -0.05) is 39.3 Å². The van der Waals surface area contributed by atoms with Gasteiger partial charge in [-0.2, -0.15) is 0 Å². The number of aryl methyl sites for hydroxylation is 1. The lowest BCUT2D eigenvalue weighted by Crippen LogP contribution is -2.53. The number of imide groups is 1. The molecule has 0 unspecified atom stereocenters. The molecule has 2 atom stereocenters. The molecule has 5 nitrogen and oxygen atoms in total. The maximum absolute atomic E-state index is 12.5. The minimum Gasteiger partial charge on any atom is -0.325 e. The average molecular weight is 377 g/mol. The molecule has 0 spiro atoms. The van der Waals surface area contributed by atoms with Crippen molar-refractivity contribution in [2.24, 2.45) is 0 Å². The lowest BCUT2D eigenvalue weighted by Gasteiger charge is -2.34. The second-order valence-corrected chi connectivity index (χ2v) is 7.95. The van der Waals surface area contributed by atoms with E-state index in [9.17, 15) is 14.4 Å². The van der Waals surface area contributed by atoms with E-state index in [-0.39, 0.29) is 34.8 Å². The van der Waals surface area contributed by atoms with Crippen LogP contribution in [-0.4, -0.2) is 39.7 Å². The molecule has 0 radical (unpaired) electrons. The summed E-state index contributed by atoms with van der Waals surface area (Å²) in [5.74, 6) is -0.848. The number of anilines is 1. The minimum absolute atomic E-state index is 0.219. The molecule has 0 aromatic heterocycles. The topological polar surface area (TPSA) is 66.5 Å². The number of amides is 3.